The van der Waals surface area contributed by atoms with Gasteiger partial charge in [-0.2, -0.15) is 0 Å². The van der Waals surface area contributed by atoms with Gasteiger partial charge >= 0.3 is 0 Å². The van der Waals surface area contributed by atoms with Crippen LogP contribution in [0, 0.1) is 0 Å². The fraction of sp³-hybridized carbons (Fsp3) is 0.600. The summed E-state index contributed by atoms with van der Waals surface area (Å²) >= 11 is 5.77. The monoisotopic (exact) mass is 215 g/mol. The normalized spacial score (nSPS) is 10.7. The Morgan fingerprint density at radius 1 is 1.36 bits per heavy atom. The van der Waals surface area contributed by atoms with Crippen molar-refractivity contribution in [3.05, 3.63) is 23.0 Å². The molecule has 0 atom stereocenters. The molecule has 0 radical (unpaired) electrons. The largest absolute Gasteiger partial charge is 0.363 e. The van der Waals surface area contributed by atoms with E-state index in [9.17, 15) is 0 Å². The Bertz CT molecular complexity index is 247. The lowest BCUT2D eigenvalue weighted by atomic mass is 10.4. The number of rotatable bonds is 7. The van der Waals surface area contributed by atoms with Crippen LogP contribution in [0.25, 0.3) is 0 Å². The molecule has 0 aliphatic rings. The lowest BCUT2D eigenvalue weighted by Crippen LogP contribution is -2.21. The summed E-state index contributed by atoms with van der Waals surface area (Å²) in [5.74, 6) is 0. The van der Waals surface area contributed by atoms with Crippen LogP contribution in [0.3, 0.4) is 0 Å². The molecule has 3 nitrogen and oxygen atoms in total. The summed E-state index contributed by atoms with van der Waals surface area (Å²) in [6.45, 7) is 6.14. The second-order valence-electron chi connectivity index (χ2n) is 3.23. The van der Waals surface area contributed by atoms with E-state index < -0.39 is 0 Å². The van der Waals surface area contributed by atoms with E-state index in [2.05, 4.69) is 22.5 Å². The van der Waals surface area contributed by atoms with Gasteiger partial charge in [-0.3, -0.25) is 0 Å². The summed E-state index contributed by atoms with van der Waals surface area (Å²) in [6, 6.07) is 1.94. The van der Waals surface area contributed by atoms with E-state index in [4.69, 9.17) is 11.6 Å². The van der Waals surface area contributed by atoms with E-state index in [1.54, 1.807) is 6.20 Å². The molecule has 0 fully saturated rings. The van der Waals surface area contributed by atoms with Crippen molar-refractivity contribution >= 4 is 11.6 Å². The van der Waals surface area contributed by atoms with Crippen molar-refractivity contribution in [3.8, 4) is 0 Å². The highest BCUT2D eigenvalue weighted by atomic mass is 35.5. The quantitative estimate of drug-likeness (QED) is 0.607. The van der Waals surface area contributed by atoms with E-state index in [-0.39, 0.29) is 0 Å². The van der Waals surface area contributed by atoms with Crippen molar-refractivity contribution in [1.82, 2.24) is 15.6 Å². The number of halogens is 1. The molecule has 14 heavy (non-hydrogen) atoms. The molecule has 0 aliphatic carbocycles. The minimum atomic E-state index is 0.773. The minimum absolute atomic E-state index is 0.773. The van der Waals surface area contributed by atoms with Gasteiger partial charge in [0.05, 0.1) is 5.02 Å². The molecule has 0 bridgehead atoms. The van der Waals surface area contributed by atoms with Crippen LogP contribution in [0.4, 0.5) is 0 Å². The van der Waals surface area contributed by atoms with Gasteiger partial charge in [-0.15, -0.1) is 0 Å². The summed E-state index contributed by atoms with van der Waals surface area (Å²) in [5.41, 5.74) is 1.14. The standard InChI is InChI=1S/C10H18ClN3/c1-2-12-4-3-5-13-8-10-6-9(11)7-14-10/h6-7,12-14H,2-5,8H2,1H3. The van der Waals surface area contributed by atoms with Gasteiger partial charge in [0.25, 0.3) is 0 Å². The van der Waals surface area contributed by atoms with E-state index >= 15 is 0 Å². The average molecular weight is 216 g/mol. The van der Waals surface area contributed by atoms with Gasteiger partial charge in [-0.25, -0.2) is 0 Å². The Morgan fingerprint density at radius 3 is 2.79 bits per heavy atom. The molecule has 0 amide bonds. The molecule has 0 saturated heterocycles. The van der Waals surface area contributed by atoms with Gasteiger partial charge < -0.3 is 15.6 Å². The Balaban J connectivity index is 1.99. The van der Waals surface area contributed by atoms with Crippen LogP contribution in [-0.4, -0.2) is 24.6 Å². The van der Waals surface area contributed by atoms with E-state index in [0.717, 1.165) is 43.3 Å². The minimum Gasteiger partial charge on any atom is -0.363 e. The SMILES string of the molecule is CCNCCCNCc1cc(Cl)c[nH]1. The maximum Gasteiger partial charge on any atom is 0.0583 e. The second kappa shape index (κ2) is 6.87. The van der Waals surface area contributed by atoms with E-state index in [0.29, 0.717) is 0 Å². The first-order chi connectivity index (χ1) is 6.83. The molecular weight excluding hydrogens is 198 g/mol. The summed E-state index contributed by atoms with van der Waals surface area (Å²) in [5, 5.41) is 7.40. The van der Waals surface area contributed by atoms with Crippen LogP contribution in [0.1, 0.15) is 19.0 Å². The first-order valence-corrected chi connectivity index (χ1v) is 5.45. The van der Waals surface area contributed by atoms with Crippen LogP contribution in [0.2, 0.25) is 5.02 Å². The van der Waals surface area contributed by atoms with Crippen LogP contribution < -0.4 is 10.6 Å². The fourth-order valence-electron chi connectivity index (χ4n) is 1.25. The molecular formula is C10H18ClN3. The molecule has 0 aliphatic heterocycles. The molecule has 0 saturated carbocycles. The van der Waals surface area contributed by atoms with Crippen LogP contribution >= 0.6 is 11.6 Å². The Kier molecular flexibility index (Phi) is 5.68. The predicted molar refractivity (Wildman–Crippen MR) is 60.7 cm³/mol. The van der Waals surface area contributed by atoms with E-state index in [1.807, 2.05) is 6.07 Å². The first kappa shape index (κ1) is 11.6. The summed E-state index contributed by atoms with van der Waals surface area (Å²) in [4.78, 5) is 3.10. The molecule has 1 aromatic rings. The summed E-state index contributed by atoms with van der Waals surface area (Å²) < 4.78 is 0. The van der Waals surface area contributed by atoms with Crippen molar-refractivity contribution in [2.24, 2.45) is 0 Å². The average Bonchev–Trinajstić information content (AvgIpc) is 2.58. The number of hydrogen-bond acceptors (Lipinski definition) is 2. The molecule has 0 spiro atoms. The number of aromatic nitrogens is 1. The summed E-state index contributed by atoms with van der Waals surface area (Å²) in [7, 11) is 0. The lowest BCUT2D eigenvalue weighted by molar-refractivity contribution is 0.602. The Labute approximate surface area is 90.2 Å². The Morgan fingerprint density at radius 2 is 2.14 bits per heavy atom. The van der Waals surface area contributed by atoms with Crippen LogP contribution in [0.5, 0.6) is 0 Å². The molecule has 0 aromatic carbocycles. The van der Waals surface area contributed by atoms with Crippen molar-refractivity contribution in [2.45, 2.75) is 19.9 Å². The first-order valence-electron chi connectivity index (χ1n) is 5.07. The van der Waals surface area contributed by atoms with Crippen LogP contribution in [0.15, 0.2) is 12.3 Å². The molecule has 80 valence electrons. The number of hydrogen-bond donors (Lipinski definition) is 3. The number of H-pyrrole nitrogens is 1. The third-order valence-electron chi connectivity index (χ3n) is 1.98. The maximum atomic E-state index is 5.77. The molecule has 1 rings (SSSR count). The van der Waals surface area contributed by atoms with Gasteiger partial charge in [-0.05, 0) is 32.1 Å². The molecule has 1 heterocycles. The zero-order valence-corrected chi connectivity index (χ0v) is 9.32. The van der Waals surface area contributed by atoms with E-state index in [1.165, 1.54) is 0 Å². The predicted octanol–water partition coefficient (Wildman–Crippen LogP) is 1.76. The van der Waals surface area contributed by atoms with Crippen molar-refractivity contribution in [1.29, 1.82) is 0 Å². The third-order valence-corrected chi connectivity index (χ3v) is 2.20. The smallest absolute Gasteiger partial charge is 0.0583 e. The van der Waals surface area contributed by atoms with Gasteiger partial charge in [0.1, 0.15) is 0 Å². The fourth-order valence-corrected chi connectivity index (χ4v) is 1.44. The van der Waals surface area contributed by atoms with Gasteiger partial charge in [0.2, 0.25) is 0 Å². The summed E-state index contributed by atoms with van der Waals surface area (Å²) in [6.07, 6.45) is 2.96. The molecule has 4 heteroatoms. The van der Waals surface area contributed by atoms with Crippen molar-refractivity contribution in [2.75, 3.05) is 19.6 Å². The molecule has 3 N–H and O–H groups in total. The molecule has 0 unspecified atom stereocenters. The van der Waals surface area contributed by atoms with Crippen molar-refractivity contribution < 1.29 is 0 Å². The number of aromatic amines is 1. The maximum absolute atomic E-state index is 5.77. The van der Waals surface area contributed by atoms with Gasteiger partial charge in [0.15, 0.2) is 0 Å². The second-order valence-corrected chi connectivity index (χ2v) is 3.66. The highest BCUT2D eigenvalue weighted by Crippen LogP contribution is 2.08. The Hall–Kier alpha value is -0.510. The molecule has 1 aromatic heterocycles. The zero-order chi connectivity index (χ0) is 10.2. The highest BCUT2D eigenvalue weighted by Gasteiger charge is 1.95. The van der Waals surface area contributed by atoms with Crippen LogP contribution in [-0.2, 0) is 6.54 Å². The van der Waals surface area contributed by atoms with Gasteiger partial charge in [-0.1, -0.05) is 18.5 Å². The number of nitrogens with one attached hydrogen (secondary N) is 3. The lowest BCUT2D eigenvalue weighted by Gasteiger charge is -2.03. The zero-order valence-electron chi connectivity index (χ0n) is 8.57. The third kappa shape index (κ3) is 4.65. The highest BCUT2D eigenvalue weighted by molar-refractivity contribution is 6.30. The van der Waals surface area contributed by atoms with Crippen molar-refractivity contribution in [3.63, 3.8) is 0 Å². The topological polar surface area (TPSA) is 39.8 Å². The van der Waals surface area contributed by atoms with Gasteiger partial charge in [0, 0.05) is 18.4 Å².